The van der Waals surface area contributed by atoms with Gasteiger partial charge >= 0.3 is 17.9 Å². The predicted octanol–water partition coefficient (Wildman–Crippen LogP) is -1.85. The number of aliphatic hydroxyl groups excluding tert-OH is 2. The van der Waals surface area contributed by atoms with Gasteiger partial charge in [-0.05, 0) is 0 Å². The number of aliphatic carboxylic acids is 3. The summed E-state index contributed by atoms with van der Waals surface area (Å²) in [6.45, 7) is 8.25. The van der Waals surface area contributed by atoms with Gasteiger partial charge < -0.3 is 45.6 Å². The highest BCUT2D eigenvalue weighted by molar-refractivity contribution is 5.79. The fraction of sp³-hybridized carbons (Fsp3) is 0.400. The van der Waals surface area contributed by atoms with Crippen molar-refractivity contribution in [2.75, 3.05) is 19.8 Å². The van der Waals surface area contributed by atoms with Crippen molar-refractivity contribution in [3.8, 4) is 0 Å². The van der Waals surface area contributed by atoms with Gasteiger partial charge in [-0.2, -0.15) is 0 Å². The number of hydrogen-bond donors (Lipinski definition) is 8. The molecule has 0 aromatic carbocycles. The number of hydrogen-bond acceptors (Lipinski definition) is 9. The van der Waals surface area contributed by atoms with Gasteiger partial charge in [0.05, 0.1) is 26.2 Å². The lowest BCUT2D eigenvalue weighted by atomic mass is 10.4. The average Bonchev–Trinajstić information content (AvgIpc) is 2.59. The largest absolute Gasteiger partial charge is 0.478 e. The first-order chi connectivity index (χ1) is 12.3. The average molecular weight is 398 g/mol. The third-order valence-electron chi connectivity index (χ3n) is 1.63. The van der Waals surface area contributed by atoms with Crippen LogP contribution >= 0.6 is 0 Å². The van der Waals surface area contributed by atoms with E-state index in [2.05, 4.69) is 24.5 Å². The Kier molecular flexibility index (Phi) is 25.5. The van der Waals surface area contributed by atoms with Crippen molar-refractivity contribution >= 4 is 17.9 Å². The zero-order valence-electron chi connectivity index (χ0n) is 14.5. The molecule has 27 heavy (non-hydrogen) atoms. The number of aliphatic hydroxyl groups is 5. The van der Waals surface area contributed by atoms with E-state index in [1.54, 1.807) is 0 Å². The van der Waals surface area contributed by atoms with Gasteiger partial charge in [-0.3, -0.25) is 0 Å². The van der Waals surface area contributed by atoms with E-state index in [1.165, 1.54) is 0 Å². The second-order valence-electron chi connectivity index (χ2n) is 4.06. The molecule has 1 atom stereocenters. The molecule has 0 aliphatic carbocycles. The Bertz CT molecular complexity index is 396. The molecule has 0 aromatic rings. The number of ether oxygens (including phenoxy) is 1. The summed E-state index contributed by atoms with van der Waals surface area (Å²) in [5, 5.41) is 64.9. The molecule has 0 radical (unpaired) electrons. The van der Waals surface area contributed by atoms with Crippen LogP contribution in [0.1, 0.15) is 6.42 Å². The molecule has 0 amide bonds. The summed E-state index contributed by atoms with van der Waals surface area (Å²) in [6.07, 6.45) is 1.15. The minimum Gasteiger partial charge on any atom is -0.478 e. The molecule has 0 aliphatic rings. The summed E-state index contributed by atoms with van der Waals surface area (Å²) < 4.78 is 4.67. The van der Waals surface area contributed by atoms with Crippen LogP contribution in [0.4, 0.5) is 0 Å². The fourth-order valence-electron chi connectivity index (χ4n) is 0.481. The number of carboxylic acid groups (broad SMARTS) is 3. The van der Waals surface area contributed by atoms with Crippen LogP contribution in [0, 0.1) is 0 Å². The van der Waals surface area contributed by atoms with Gasteiger partial charge in [-0.25, -0.2) is 14.4 Å². The Hall–Kier alpha value is -2.61. The van der Waals surface area contributed by atoms with Crippen molar-refractivity contribution in [2.45, 2.75) is 18.5 Å². The first-order valence-electron chi connectivity index (χ1n) is 6.87. The third kappa shape index (κ3) is 59.7. The smallest absolute Gasteiger partial charge is 0.327 e. The highest BCUT2D eigenvalue weighted by Crippen LogP contribution is 1.99. The maximum Gasteiger partial charge on any atom is 0.327 e. The summed E-state index contributed by atoms with van der Waals surface area (Å²) in [7, 11) is 0. The zero-order chi connectivity index (χ0) is 22.5. The Labute approximate surface area is 155 Å². The summed E-state index contributed by atoms with van der Waals surface area (Å²) in [4.78, 5) is 27.8. The summed E-state index contributed by atoms with van der Waals surface area (Å²) in [6, 6.07) is 0. The van der Waals surface area contributed by atoms with E-state index in [0.717, 1.165) is 18.2 Å². The molecule has 0 saturated carbocycles. The van der Waals surface area contributed by atoms with Crippen molar-refractivity contribution in [3.05, 3.63) is 38.0 Å². The molecule has 1 unspecified atom stereocenters. The molecule has 12 nitrogen and oxygen atoms in total. The lowest BCUT2D eigenvalue weighted by molar-refractivity contribution is -0.318. The lowest BCUT2D eigenvalue weighted by Crippen LogP contribution is -2.29. The van der Waals surface area contributed by atoms with Crippen LogP contribution in [0.25, 0.3) is 0 Å². The summed E-state index contributed by atoms with van der Waals surface area (Å²) in [5.41, 5.74) is 0. The van der Waals surface area contributed by atoms with Crippen LogP contribution in [-0.4, -0.2) is 90.7 Å². The molecule has 0 rings (SSSR count). The predicted molar refractivity (Wildman–Crippen MR) is 91.4 cm³/mol. The molecular weight excluding hydrogens is 372 g/mol. The fourth-order valence-corrected chi connectivity index (χ4v) is 0.481. The Morgan fingerprint density at radius 1 is 0.889 bits per heavy atom. The van der Waals surface area contributed by atoms with Gasteiger partial charge in [0.2, 0.25) is 0 Å². The molecule has 8 N–H and O–H groups in total. The van der Waals surface area contributed by atoms with Gasteiger partial charge in [0.25, 0.3) is 5.97 Å². The monoisotopic (exact) mass is 398 g/mol. The first-order valence-corrected chi connectivity index (χ1v) is 6.87. The Morgan fingerprint density at radius 3 is 1.37 bits per heavy atom. The van der Waals surface area contributed by atoms with Gasteiger partial charge in [-0.15, -0.1) is 0 Å². The molecule has 0 aromatic heterocycles. The molecule has 0 heterocycles. The third-order valence-corrected chi connectivity index (χ3v) is 1.63. The standard InChI is InChI=1S/C6H14O6.3C3H4O2/c7-3-5(8)4-12-2-1-6(9,10)11;3*1-2-3(4)5/h5,7-11H,1-4H2;3*2H,1H2,(H,4,5). The molecule has 0 bridgehead atoms. The number of carbonyl (C=O) groups is 3. The van der Waals surface area contributed by atoms with Crippen molar-refractivity contribution in [2.24, 2.45) is 0 Å². The van der Waals surface area contributed by atoms with Crippen molar-refractivity contribution in [3.63, 3.8) is 0 Å². The van der Waals surface area contributed by atoms with E-state index in [0.29, 0.717) is 0 Å². The Balaban J connectivity index is -0.000000147. The highest BCUT2D eigenvalue weighted by Gasteiger charge is 2.17. The molecule has 0 fully saturated rings. The Morgan fingerprint density at radius 2 is 1.19 bits per heavy atom. The molecular formula is C15H26O12. The highest BCUT2D eigenvalue weighted by atomic mass is 16.7. The molecule has 158 valence electrons. The van der Waals surface area contributed by atoms with E-state index < -0.39 is 36.6 Å². The number of carboxylic acids is 3. The first kappa shape index (κ1) is 32.1. The number of rotatable bonds is 9. The summed E-state index contributed by atoms with van der Waals surface area (Å²) >= 11 is 0. The quantitative estimate of drug-likeness (QED) is 0.122. The van der Waals surface area contributed by atoms with Gasteiger partial charge in [-0.1, -0.05) is 19.7 Å². The van der Waals surface area contributed by atoms with Crippen LogP contribution in [0.3, 0.4) is 0 Å². The molecule has 0 aliphatic heterocycles. The molecule has 12 heteroatoms. The van der Waals surface area contributed by atoms with E-state index >= 15 is 0 Å². The van der Waals surface area contributed by atoms with Crippen LogP contribution < -0.4 is 0 Å². The van der Waals surface area contributed by atoms with E-state index in [9.17, 15) is 14.4 Å². The van der Waals surface area contributed by atoms with Crippen LogP contribution in [0.15, 0.2) is 38.0 Å². The molecule has 0 spiro atoms. The maximum atomic E-state index is 9.25. The van der Waals surface area contributed by atoms with E-state index in [-0.39, 0.29) is 19.6 Å². The normalized spacial score (nSPS) is 10.1. The van der Waals surface area contributed by atoms with Gasteiger partial charge in [0, 0.05) is 18.2 Å². The zero-order valence-corrected chi connectivity index (χ0v) is 14.5. The van der Waals surface area contributed by atoms with E-state index in [4.69, 9.17) is 40.9 Å². The van der Waals surface area contributed by atoms with Crippen LogP contribution in [-0.2, 0) is 19.1 Å². The minimum absolute atomic E-state index is 0.105. The summed E-state index contributed by atoms with van der Waals surface area (Å²) in [5.74, 6) is -5.68. The van der Waals surface area contributed by atoms with Crippen LogP contribution in [0.2, 0.25) is 0 Å². The van der Waals surface area contributed by atoms with Gasteiger partial charge in [0.15, 0.2) is 0 Å². The minimum atomic E-state index is -2.73. The second kappa shape index (κ2) is 21.4. The topological polar surface area (TPSA) is 222 Å². The van der Waals surface area contributed by atoms with Crippen molar-refractivity contribution < 1.29 is 60.0 Å². The van der Waals surface area contributed by atoms with Gasteiger partial charge in [0.1, 0.15) is 6.10 Å². The SMILES string of the molecule is C=CC(=O)O.C=CC(=O)O.C=CC(=O)O.OCC(O)COCCC(O)(O)O. The van der Waals surface area contributed by atoms with Crippen LogP contribution in [0.5, 0.6) is 0 Å². The van der Waals surface area contributed by atoms with Crippen molar-refractivity contribution in [1.29, 1.82) is 0 Å². The second-order valence-corrected chi connectivity index (χ2v) is 4.06. The van der Waals surface area contributed by atoms with E-state index in [1.807, 2.05) is 0 Å². The lowest BCUT2D eigenvalue weighted by Gasteiger charge is -2.14. The maximum absolute atomic E-state index is 9.25. The molecule has 0 saturated heterocycles. The van der Waals surface area contributed by atoms with Crippen molar-refractivity contribution in [1.82, 2.24) is 0 Å².